The molecule has 244 valence electrons. The maximum atomic E-state index is 12.5. The Morgan fingerprint density at radius 2 is 1.81 bits per heavy atom. The van der Waals surface area contributed by atoms with E-state index in [9.17, 15) is 14.7 Å². The normalized spacial score (nSPS) is 15.2. The number of aliphatic hydroxyl groups excluding tert-OH is 1. The fraction of sp³-hybridized carbons (Fsp3) is 0.229. The molecule has 11 nitrogen and oxygen atoms in total. The molecule has 0 spiro atoms. The van der Waals surface area contributed by atoms with Gasteiger partial charge in [0.25, 0.3) is 0 Å². The Balaban J connectivity index is 1.23. The first kappa shape index (κ1) is 33.1. The molecular formula is C35H35ClN4O7. The van der Waals surface area contributed by atoms with Crippen molar-refractivity contribution in [3.8, 4) is 17.2 Å². The number of hydrazone groups is 1. The van der Waals surface area contributed by atoms with E-state index in [2.05, 4.69) is 39.4 Å². The summed E-state index contributed by atoms with van der Waals surface area (Å²) in [7, 11) is 1.28. The summed E-state index contributed by atoms with van der Waals surface area (Å²) in [5.41, 5.74) is 5.54. The lowest BCUT2D eigenvalue weighted by atomic mass is 9.95. The van der Waals surface area contributed by atoms with E-state index in [1.807, 2.05) is 31.2 Å². The van der Waals surface area contributed by atoms with E-state index in [1.165, 1.54) is 13.3 Å². The third-order valence-electron chi connectivity index (χ3n) is 7.33. The smallest absolute Gasteiger partial charge is 0.337 e. The standard InChI is InChI=1S/C35H35ClN4O7/c1-4-45-30-17-23(33-32(34(42)44-3)21(2)38-35(43)39-33)12-14-29(30)47-20-31(41)40-37-18-25-16-26(36)13-15-28(25)46-19-24-10-7-9-22-8-5-6-11-27(22)24/h5-18,31,33,40-41H,4,19-20H2,1-3H3,(H2,38,39,43)/b37-18+/t31-,33+/m0/s1. The Morgan fingerprint density at radius 1 is 1.02 bits per heavy atom. The second-order valence-corrected chi connectivity index (χ2v) is 11.0. The average molecular weight is 659 g/mol. The van der Waals surface area contributed by atoms with Crippen LogP contribution < -0.4 is 30.3 Å². The fourth-order valence-corrected chi connectivity index (χ4v) is 5.32. The number of benzene rings is 4. The van der Waals surface area contributed by atoms with Gasteiger partial charge >= 0.3 is 12.0 Å². The molecule has 4 N–H and O–H groups in total. The molecule has 2 amide bonds. The Bertz CT molecular complexity index is 1820. The number of rotatable bonds is 13. The van der Waals surface area contributed by atoms with E-state index in [-0.39, 0.29) is 12.2 Å². The number of carbonyl (C=O) groups is 2. The van der Waals surface area contributed by atoms with Crippen LogP contribution in [0.1, 0.15) is 36.6 Å². The minimum Gasteiger partial charge on any atom is -0.490 e. The highest BCUT2D eigenvalue weighted by Gasteiger charge is 2.32. The largest absolute Gasteiger partial charge is 0.490 e. The van der Waals surface area contributed by atoms with Gasteiger partial charge in [-0.05, 0) is 66.1 Å². The van der Waals surface area contributed by atoms with E-state index in [1.54, 1.807) is 43.3 Å². The van der Waals surface area contributed by atoms with E-state index in [0.29, 0.717) is 52.3 Å². The zero-order valence-corrected chi connectivity index (χ0v) is 26.8. The van der Waals surface area contributed by atoms with Crippen LogP contribution in [0.3, 0.4) is 0 Å². The highest BCUT2D eigenvalue weighted by atomic mass is 35.5. The molecule has 2 atom stereocenters. The Hall–Kier alpha value is -5.26. The molecule has 4 aromatic carbocycles. The molecule has 0 fully saturated rings. The Labute approximate surface area is 277 Å². The summed E-state index contributed by atoms with van der Waals surface area (Å²) in [4.78, 5) is 24.7. The highest BCUT2D eigenvalue weighted by Crippen LogP contribution is 2.35. The van der Waals surface area contributed by atoms with Crippen molar-refractivity contribution in [3.63, 3.8) is 0 Å². The number of halogens is 1. The lowest BCUT2D eigenvalue weighted by Gasteiger charge is -2.28. The topological polar surface area (TPSA) is 140 Å². The molecule has 12 heteroatoms. The third-order valence-corrected chi connectivity index (χ3v) is 7.57. The number of carbonyl (C=O) groups excluding carboxylic acids is 2. The number of esters is 1. The monoisotopic (exact) mass is 658 g/mol. The summed E-state index contributed by atoms with van der Waals surface area (Å²) < 4.78 is 22.7. The van der Waals surface area contributed by atoms with E-state index >= 15 is 0 Å². The molecule has 0 saturated heterocycles. The van der Waals surface area contributed by atoms with Gasteiger partial charge in [-0.1, -0.05) is 60.1 Å². The lowest BCUT2D eigenvalue weighted by molar-refractivity contribution is -0.136. The van der Waals surface area contributed by atoms with Crippen molar-refractivity contribution in [2.45, 2.75) is 32.7 Å². The van der Waals surface area contributed by atoms with Gasteiger partial charge in [0.2, 0.25) is 0 Å². The molecule has 0 aromatic heterocycles. The quantitative estimate of drug-likeness (QED) is 0.0631. The van der Waals surface area contributed by atoms with Crippen molar-refractivity contribution in [2.75, 3.05) is 20.3 Å². The Kier molecular flexibility index (Phi) is 10.8. The molecule has 0 aliphatic carbocycles. The maximum Gasteiger partial charge on any atom is 0.337 e. The van der Waals surface area contributed by atoms with Gasteiger partial charge in [-0.25, -0.2) is 9.59 Å². The number of hydrogen-bond donors (Lipinski definition) is 4. The van der Waals surface area contributed by atoms with Crippen LogP contribution in [-0.2, 0) is 16.1 Å². The number of methoxy groups -OCH3 is 1. The number of amides is 2. The summed E-state index contributed by atoms with van der Waals surface area (Å²) in [6, 6.07) is 23.2. The summed E-state index contributed by atoms with van der Waals surface area (Å²) in [5.74, 6) is 0.710. The molecule has 0 radical (unpaired) electrons. The van der Waals surface area contributed by atoms with Crippen LogP contribution in [0.4, 0.5) is 4.79 Å². The van der Waals surface area contributed by atoms with E-state index < -0.39 is 24.3 Å². The number of allylic oxidation sites excluding steroid dienone is 1. The van der Waals surface area contributed by atoms with Crippen LogP contribution in [0, 0.1) is 0 Å². The van der Waals surface area contributed by atoms with E-state index in [0.717, 1.165) is 16.3 Å². The minimum atomic E-state index is -1.18. The number of ether oxygens (including phenoxy) is 4. The van der Waals surface area contributed by atoms with Crippen LogP contribution in [0.15, 0.2) is 95.2 Å². The number of fused-ring (bicyclic) bond motifs is 1. The zero-order chi connectivity index (χ0) is 33.3. The van der Waals surface area contributed by atoms with Crippen LogP contribution in [-0.4, -0.2) is 49.9 Å². The Morgan fingerprint density at radius 3 is 2.62 bits per heavy atom. The minimum absolute atomic E-state index is 0.173. The SMILES string of the molecule is CCOc1cc([C@H]2NC(=O)NC(C)=C2C(=O)OC)ccc1OC[C@H](O)N/N=C/c1cc(Cl)ccc1OCc1cccc2ccccc12. The van der Waals surface area contributed by atoms with Gasteiger partial charge in [0, 0.05) is 16.3 Å². The molecule has 0 bridgehead atoms. The van der Waals surface area contributed by atoms with Crippen LogP contribution in [0.5, 0.6) is 17.2 Å². The van der Waals surface area contributed by atoms with E-state index in [4.69, 9.17) is 30.5 Å². The average Bonchev–Trinajstić information content (AvgIpc) is 3.06. The van der Waals surface area contributed by atoms with Gasteiger partial charge in [0.15, 0.2) is 17.7 Å². The van der Waals surface area contributed by atoms with Crippen molar-refractivity contribution in [3.05, 3.63) is 112 Å². The molecule has 1 aliphatic heterocycles. The van der Waals surface area contributed by atoms with Crippen molar-refractivity contribution < 1.29 is 33.6 Å². The van der Waals surface area contributed by atoms with Gasteiger partial charge in [0.05, 0.1) is 31.5 Å². The van der Waals surface area contributed by atoms with Crippen LogP contribution in [0.25, 0.3) is 10.8 Å². The molecule has 0 unspecified atom stereocenters. The molecule has 1 heterocycles. The van der Waals surface area contributed by atoms with Crippen LogP contribution >= 0.6 is 11.6 Å². The third kappa shape index (κ3) is 8.13. The van der Waals surface area contributed by atoms with Crippen molar-refractivity contribution in [2.24, 2.45) is 5.10 Å². The van der Waals surface area contributed by atoms with Gasteiger partial charge < -0.3 is 34.7 Å². The summed E-state index contributed by atoms with van der Waals surface area (Å²) in [5, 5.41) is 22.8. The number of hydrogen-bond acceptors (Lipinski definition) is 9. The molecule has 47 heavy (non-hydrogen) atoms. The molecule has 5 rings (SSSR count). The summed E-state index contributed by atoms with van der Waals surface area (Å²) >= 11 is 6.25. The molecule has 4 aromatic rings. The first-order valence-corrected chi connectivity index (χ1v) is 15.3. The van der Waals surface area contributed by atoms with Crippen LogP contribution in [0.2, 0.25) is 5.02 Å². The summed E-state index contributed by atoms with van der Waals surface area (Å²) in [6.45, 7) is 3.94. The predicted octanol–water partition coefficient (Wildman–Crippen LogP) is 5.59. The maximum absolute atomic E-state index is 12.5. The van der Waals surface area contributed by atoms with Gasteiger partial charge in [-0.3, -0.25) is 5.43 Å². The van der Waals surface area contributed by atoms with Crippen molar-refractivity contribution in [1.82, 2.24) is 16.1 Å². The molecular weight excluding hydrogens is 624 g/mol. The summed E-state index contributed by atoms with van der Waals surface area (Å²) in [6.07, 6.45) is 0.329. The number of urea groups is 1. The zero-order valence-electron chi connectivity index (χ0n) is 26.1. The predicted molar refractivity (Wildman–Crippen MR) is 179 cm³/mol. The first-order chi connectivity index (χ1) is 22.8. The van der Waals surface area contributed by atoms with Gasteiger partial charge in [-0.15, -0.1) is 0 Å². The number of aliphatic hydroxyl groups is 1. The van der Waals surface area contributed by atoms with Crippen molar-refractivity contribution in [1.29, 1.82) is 0 Å². The highest BCUT2D eigenvalue weighted by molar-refractivity contribution is 6.30. The second-order valence-electron chi connectivity index (χ2n) is 10.5. The van der Waals surface area contributed by atoms with Gasteiger partial charge in [-0.2, -0.15) is 5.10 Å². The number of nitrogens with one attached hydrogen (secondary N) is 3. The fourth-order valence-electron chi connectivity index (χ4n) is 5.14. The van der Waals surface area contributed by atoms with Gasteiger partial charge in [0.1, 0.15) is 19.0 Å². The molecule has 0 saturated carbocycles. The number of nitrogens with zero attached hydrogens (tertiary/aromatic N) is 1. The first-order valence-electron chi connectivity index (χ1n) is 14.9. The lowest BCUT2D eigenvalue weighted by Crippen LogP contribution is -2.45. The van der Waals surface area contributed by atoms with Crippen molar-refractivity contribution >= 4 is 40.6 Å². The molecule has 1 aliphatic rings. The second kappa shape index (κ2) is 15.4.